The second-order valence-electron chi connectivity index (χ2n) is 3.02. The van der Waals surface area contributed by atoms with E-state index in [0.29, 0.717) is 5.69 Å². The number of rotatable bonds is 2. The molecule has 1 heterocycles. The Morgan fingerprint density at radius 2 is 1.79 bits per heavy atom. The molecule has 2 rings (SSSR count). The molecule has 0 bridgehead atoms. The van der Waals surface area contributed by atoms with Crippen molar-refractivity contribution < 1.29 is 4.79 Å². The fourth-order valence-electron chi connectivity index (χ4n) is 1.32. The molecule has 1 aromatic heterocycles. The summed E-state index contributed by atoms with van der Waals surface area (Å²) in [6.07, 6.45) is 0. The monoisotopic (exact) mass is 186 g/mol. The van der Waals surface area contributed by atoms with Gasteiger partial charge >= 0.3 is 0 Å². The van der Waals surface area contributed by atoms with Crippen molar-refractivity contribution in [1.29, 1.82) is 0 Å². The van der Waals surface area contributed by atoms with Crippen LogP contribution in [-0.4, -0.2) is 10.9 Å². The molecule has 0 radical (unpaired) electrons. The Morgan fingerprint density at radius 3 is 2.36 bits per heavy atom. The van der Waals surface area contributed by atoms with Crippen LogP contribution in [0.1, 0.15) is 10.5 Å². The van der Waals surface area contributed by atoms with Crippen LogP contribution < -0.4 is 5.73 Å². The molecule has 0 aliphatic rings. The average Bonchev–Trinajstić information content (AvgIpc) is 2.68. The van der Waals surface area contributed by atoms with Gasteiger partial charge in [-0.3, -0.25) is 4.79 Å². The third-order valence-electron chi connectivity index (χ3n) is 2.04. The predicted molar refractivity (Wildman–Crippen MR) is 54.7 cm³/mol. The van der Waals surface area contributed by atoms with Crippen LogP contribution in [-0.2, 0) is 0 Å². The van der Waals surface area contributed by atoms with E-state index in [1.165, 1.54) is 0 Å². The molecule has 3 nitrogen and oxygen atoms in total. The number of hydrogen-bond acceptors (Lipinski definition) is 1. The fourth-order valence-corrected chi connectivity index (χ4v) is 1.32. The molecule has 0 saturated carbocycles. The number of nitrogens with one attached hydrogen (secondary N) is 1. The van der Waals surface area contributed by atoms with E-state index in [0.717, 1.165) is 11.3 Å². The van der Waals surface area contributed by atoms with Gasteiger partial charge < -0.3 is 10.7 Å². The lowest BCUT2D eigenvalue weighted by Gasteiger charge is -1.95. The maximum Gasteiger partial charge on any atom is 0.265 e. The van der Waals surface area contributed by atoms with Crippen LogP contribution in [0.25, 0.3) is 11.3 Å². The Morgan fingerprint density at radius 1 is 1.07 bits per heavy atom. The van der Waals surface area contributed by atoms with Crippen LogP contribution in [0.2, 0.25) is 0 Å². The van der Waals surface area contributed by atoms with Gasteiger partial charge in [0.05, 0.1) is 0 Å². The van der Waals surface area contributed by atoms with E-state index in [9.17, 15) is 4.79 Å². The fraction of sp³-hybridized carbons (Fsp3) is 0. The summed E-state index contributed by atoms with van der Waals surface area (Å²) in [4.78, 5) is 13.8. The van der Waals surface area contributed by atoms with Crippen LogP contribution in [0.5, 0.6) is 0 Å². The molecule has 0 spiro atoms. The lowest BCUT2D eigenvalue weighted by atomic mass is 10.2. The summed E-state index contributed by atoms with van der Waals surface area (Å²) in [5.74, 6) is -0.438. The van der Waals surface area contributed by atoms with E-state index < -0.39 is 5.91 Å². The van der Waals surface area contributed by atoms with Crippen molar-refractivity contribution in [2.24, 2.45) is 5.73 Å². The van der Waals surface area contributed by atoms with Crippen LogP contribution in [0.3, 0.4) is 0 Å². The lowest BCUT2D eigenvalue weighted by molar-refractivity contribution is 0.0996. The quantitative estimate of drug-likeness (QED) is 0.737. The second-order valence-corrected chi connectivity index (χ2v) is 3.02. The van der Waals surface area contributed by atoms with Gasteiger partial charge in [-0.25, -0.2) is 0 Å². The van der Waals surface area contributed by atoms with Crippen molar-refractivity contribution in [3.8, 4) is 11.3 Å². The SMILES string of the molecule is NC(=O)c1ccc(-c2ccccc2)[nH]1. The van der Waals surface area contributed by atoms with E-state index in [-0.39, 0.29) is 0 Å². The Kier molecular flexibility index (Phi) is 2.07. The minimum Gasteiger partial charge on any atom is -0.364 e. The van der Waals surface area contributed by atoms with Crippen LogP contribution >= 0.6 is 0 Å². The number of aromatic amines is 1. The molecular weight excluding hydrogens is 176 g/mol. The zero-order valence-electron chi connectivity index (χ0n) is 7.53. The molecular formula is C11H10N2O. The number of nitrogens with two attached hydrogens (primary N) is 1. The molecule has 0 saturated heterocycles. The van der Waals surface area contributed by atoms with Crippen molar-refractivity contribution in [2.75, 3.05) is 0 Å². The zero-order valence-corrected chi connectivity index (χ0v) is 7.53. The molecule has 0 aliphatic carbocycles. The van der Waals surface area contributed by atoms with Gasteiger partial charge in [0.2, 0.25) is 0 Å². The van der Waals surface area contributed by atoms with E-state index in [2.05, 4.69) is 4.98 Å². The minimum absolute atomic E-state index is 0.434. The van der Waals surface area contributed by atoms with Gasteiger partial charge in [0.15, 0.2) is 0 Å². The number of carbonyl (C=O) groups excluding carboxylic acids is 1. The first kappa shape index (κ1) is 8.56. The van der Waals surface area contributed by atoms with Crippen molar-refractivity contribution in [1.82, 2.24) is 4.98 Å². The second kappa shape index (κ2) is 3.38. The summed E-state index contributed by atoms with van der Waals surface area (Å²) >= 11 is 0. The van der Waals surface area contributed by atoms with Gasteiger partial charge in [-0.05, 0) is 17.7 Å². The van der Waals surface area contributed by atoms with E-state index in [1.807, 2.05) is 36.4 Å². The van der Waals surface area contributed by atoms with Gasteiger partial charge in [-0.2, -0.15) is 0 Å². The Hall–Kier alpha value is -2.03. The van der Waals surface area contributed by atoms with Crippen molar-refractivity contribution in [3.05, 3.63) is 48.2 Å². The van der Waals surface area contributed by atoms with Crippen LogP contribution in [0.15, 0.2) is 42.5 Å². The Balaban J connectivity index is 2.39. The minimum atomic E-state index is -0.438. The first-order chi connectivity index (χ1) is 6.77. The topological polar surface area (TPSA) is 58.9 Å². The van der Waals surface area contributed by atoms with Gasteiger partial charge in [0, 0.05) is 5.69 Å². The first-order valence-electron chi connectivity index (χ1n) is 4.31. The van der Waals surface area contributed by atoms with E-state index >= 15 is 0 Å². The summed E-state index contributed by atoms with van der Waals surface area (Å²) < 4.78 is 0. The van der Waals surface area contributed by atoms with E-state index in [1.54, 1.807) is 6.07 Å². The first-order valence-corrected chi connectivity index (χ1v) is 4.31. The van der Waals surface area contributed by atoms with Crippen molar-refractivity contribution in [3.63, 3.8) is 0 Å². The highest BCUT2D eigenvalue weighted by atomic mass is 16.1. The van der Waals surface area contributed by atoms with Crippen LogP contribution in [0, 0.1) is 0 Å². The Bertz CT molecular complexity index is 445. The molecule has 0 unspecified atom stereocenters. The lowest BCUT2D eigenvalue weighted by Crippen LogP contribution is -2.10. The molecule has 70 valence electrons. The van der Waals surface area contributed by atoms with Crippen LogP contribution in [0.4, 0.5) is 0 Å². The maximum absolute atomic E-state index is 10.8. The Labute approximate surface area is 81.6 Å². The number of H-pyrrole nitrogens is 1. The number of benzene rings is 1. The summed E-state index contributed by atoms with van der Waals surface area (Å²) in [6.45, 7) is 0. The van der Waals surface area contributed by atoms with Crippen molar-refractivity contribution >= 4 is 5.91 Å². The standard InChI is InChI=1S/C11H10N2O/c12-11(14)10-7-6-9(13-10)8-4-2-1-3-5-8/h1-7,13H,(H2,12,14). The van der Waals surface area contributed by atoms with Gasteiger partial charge in [0.25, 0.3) is 5.91 Å². The molecule has 0 atom stereocenters. The molecule has 0 aliphatic heterocycles. The highest BCUT2D eigenvalue weighted by molar-refractivity contribution is 5.91. The smallest absolute Gasteiger partial charge is 0.265 e. The summed E-state index contributed by atoms with van der Waals surface area (Å²) in [5, 5.41) is 0. The summed E-state index contributed by atoms with van der Waals surface area (Å²) in [6, 6.07) is 13.3. The number of primary amides is 1. The number of aromatic nitrogens is 1. The van der Waals surface area contributed by atoms with Gasteiger partial charge in [-0.1, -0.05) is 30.3 Å². The molecule has 0 fully saturated rings. The molecule has 2 aromatic rings. The highest BCUT2D eigenvalue weighted by Gasteiger charge is 2.04. The van der Waals surface area contributed by atoms with Gasteiger partial charge in [0.1, 0.15) is 5.69 Å². The summed E-state index contributed by atoms with van der Waals surface area (Å²) in [7, 11) is 0. The normalized spacial score (nSPS) is 10.0. The largest absolute Gasteiger partial charge is 0.364 e. The molecule has 1 amide bonds. The number of amides is 1. The highest BCUT2D eigenvalue weighted by Crippen LogP contribution is 2.17. The third kappa shape index (κ3) is 1.52. The van der Waals surface area contributed by atoms with Crippen molar-refractivity contribution in [2.45, 2.75) is 0 Å². The summed E-state index contributed by atoms with van der Waals surface area (Å²) in [5.41, 5.74) is 7.51. The number of hydrogen-bond donors (Lipinski definition) is 2. The molecule has 1 aromatic carbocycles. The third-order valence-corrected chi connectivity index (χ3v) is 2.04. The zero-order chi connectivity index (χ0) is 9.97. The maximum atomic E-state index is 10.8. The molecule has 14 heavy (non-hydrogen) atoms. The predicted octanol–water partition coefficient (Wildman–Crippen LogP) is 1.78. The molecule has 3 N–H and O–H groups in total. The van der Waals surface area contributed by atoms with Gasteiger partial charge in [-0.15, -0.1) is 0 Å². The molecule has 3 heteroatoms. The van der Waals surface area contributed by atoms with E-state index in [4.69, 9.17) is 5.73 Å². The average molecular weight is 186 g/mol. The number of carbonyl (C=O) groups is 1.